The SMILES string of the molecule is OCCN(CCO)Cc1ccc(Oc2ccccc2F)c(F)c1. The lowest BCUT2D eigenvalue weighted by molar-refractivity contribution is 0.156. The molecular formula is C17H19F2NO3. The minimum atomic E-state index is -0.598. The van der Waals surface area contributed by atoms with Gasteiger partial charge in [-0.15, -0.1) is 0 Å². The number of aliphatic hydroxyl groups excluding tert-OH is 2. The van der Waals surface area contributed by atoms with Crippen molar-refractivity contribution in [3.63, 3.8) is 0 Å². The van der Waals surface area contributed by atoms with Crippen molar-refractivity contribution >= 4 is 0 Å². The smallest absolute Gasteiger partial charge is 0.166 e. The molecule has 2 rings (SSSR count). The maximum atomic E-state index is 14.1. The molecule has 4 nitrogen and oxygen atoms in total. The van der Waals surface area contributed by atoms with Crippen LogP contribution in [0.1, 0.15) is 5.56 Å². The molecule has 2 N–H and O–H groups in total. The molecule has 0 saturated carbocycles. The molecule has 0 amide bonds. The lowest BCUT2D eigenvalue weighted by Gasteiger charge is -2.20. The van der Waals surface area contributed by atoms with Gasteiger partial charge < -0.3 is 14.9 Å². The second-order valence-electron chi connectivity index (χ2n) is 5.02. The predicted molar refractivity (Wildman–Crippen MR) is 82.3 cm³/mol. The molecule has 0 aromatic heterocycles. The first kappa shape index (κ1) is 17.3. The van der Waals surface area contributed by atoms with Gasteiger partial charge in [-0.2, -0.15) is 0 Å². The fraction of sp³-hybridized carbons (Fsp3) is 0.294. The van der Waals surface area contributed by atoms with E-state index in [-0.39, 0.29) is 24.7 Å². The third-order valence-corrected chi connectivity index (χ3v) is 3.29. The highest BCUT2D eigenvalue weighted by Crippen LogP contribution is 2.27. The van der Waals surface area contributed by atoms with Gasteiger partial charge in [0.15, 0.2) is 23.1 Å². The zero-order chi connectivity index (χ0) is 16.7. The largest absolute Gasteiger partial charge is 0.451 e. The van der Waals surface area contributed by atoms with Gasteiger partial charge in [0.1, 0.15) is 0 Å². The summed E-state index contributed by atoms with van der Waals surface area (Å²) in [7, 11) is 0. The van der Waals surface area contributed by atoms with Crippen molar-refractivity contribution in [1.29, 1.82) is 0 Å². The Bertz CT molecular complexity index is 631. The molecule has 0 aliphatic rings. The second kappa shape index (κ2) is 8.57. The van der Waals surface area contributed by atoms with Gasteiger partial charge in [-0.3, -0.25) is 4.90 Å². The summed E-state index contributed by atoms with van der Waals surface area (Å²) in [6.07, 6.45) is 0. The number of rotatable bonds is 8. The van der Waals surface area contributed by atoms with Gasteiger partial charge in [-0.05, 0) is 29.8 Å². The Labute approximate surface area is 133 Å². The molecular weight excluding hydrogens is 304 g/mol. The number of halogens is 2. The number of aliphatic hydroxyl groups is 2. The van der Waals surface area contributed by atoms with Gasteiger partial charge >= 0.3 is 0 Å². The van der Waals surface area contributed by atoms with Crippen molar-refractivity contribution in [2.75, 3.05) is 26.3 Å². The first-order chi connectivity index (χ1) is 11.1. The fourth-order valence-electron chi connectivity index (χ4n) is 2.18. The van der Waals surface area contributed by atoms with Crippen LogP contribution in [0.4, 0.5) is 8.78 Å². The van der Waals surface area contributed by atoms with Crippen molar-refractivity contribution < 1.29 is 23.7 Å². The number of para-hydroxylation sites is 1. The van der Waals surface area contributed by atoms with Crippen molar-refractivity contribution in [3.05, 3.63) is 59.7 Å². The van der Waals surface area contributed by atoms with Gasteiger partial charge in [-0.1, -0.05) is 18.2 Å². The van der Waals surface area contributed by atoms with Gasteiger partial charge in [-0.25, -0.2) is 8.78 Å². The molecule has 0 radical (unpaired) electrons. The monoisotopic (exact) mass is 323 g/mol. The molecule has 0 aliphatic carbocycles. The van der Waals surface area contributed by atoms with Gasteiger partial charge in [0, 0.05) is 19.6 Å². The molecule has 0 saturated heterocycles. The maximum Gasteiger partial charge on any atom is 0.166 e. The van der Waals surface area contributed by atoms with E-state index >= 15 is 0 Å². The molecule has 23 heavy (non-hydrogen) atoms. The summed E-state index contributed by atoms with van der Waals surface area (Å²) in [5, 5.41) is 18.0. The van der Waals surface area contributed by atoms with Gasteiger partial charge in [0.2, 0.25) is 0 Å². The highest BCUT2D eigenvalue weighted by Gasteiger charge is 2.11. The Morgan fingerprint density at radius 2 is 1.52 bits per heavy atom. The molecule has 0 fully saturated rings. The Balaban J connectivity index is 2.09. The number of nitrogens with zero attached hydrogens (tertiary/aromatic N) is 1. The third-order valence-electron chi connectivity index (χ3n) is 3.29. The normalized spacial score (nSPS) is 11.0. The van der Waals surface area contributed by atoms with Crippen LogP contribution in [0.5, 0.6) is 11.5 Å². The zero-order valence-electron chi connectivity index (χ0n) is 12.6. The summed E-state index contributed by atoms with van der Waals surface area (Å²) >= 11 is 0. The molecule has 0 bridgehead atoms. The molecule has 2 aromatic rings. The average Bonchev–Trinajstić information content (AvgIpc) is 2.52. The minimum Gasteiger partial charge on any atom is -0.451 e. The van der Waals surface area contributed by atoms with E-state index in [4.69, 9.17) is 14.9 Å². The number of ether oxygens (including phenoxy) is 1. The van der Waals surface area contributed by atoms with Gasteiger partial charge in [0.05, 0.1) is 13.2 Å². The number of benzene rings is 2. The quantitative estimate of drug-likeness (QED) is 0.784. The molecule has 124 valence electrons. The molecule has 6 heteroatoms. The lowest BCUT2D eigenvalue weighted by atomic mass is 10.2. The number of hydrogen-bond donors (Lipinski definition) is 2. The average molecular weight is 323 g/mol. The standard InChI is InChI=1S/C17H19F2NO3/c18-14-3-1-2-4-16(14)23-17-6-5-13(11-15(17)19)12-20(7-9-21)8-10-22/h1-6,11,21-22H,7-10,12H2. The highest BCUT2D eigenvalue weighted by atomic mass is 19.1. The molecule has 0 aliphatic heterocycles. The molecule has 0 atom stereocenters. The van der Waals surface area contributed by atoms with Crippen LogP contribution in [0, 0.1) is 11.6 Å². The summed E-state index contributed by atoms with van der Waals surface area (Å²) in [5.41, 5.74) is 0.672. The zero-order valence-corrected chi connectivity index (χ0v) is 12.6. The van der Waals surface area contributed by atoms with Crippen molar-refractivity contribution in [2.45, 2.75) is 6.54 Å². The summed E-state index contributed by atoms with van der Waals surface area (Å²) in [6, 6.07) is 10.2. The maximum absolute atomic E-state index is 14.1. The molecule has 0 spiro atoms. The van der Waals surface area contributed by atoms with E-state index in [9.17, 15) is 8.78 Å². The highest BCUT2D eigenvalue weighted by molar-refractivity contribution is 5.35. The van der Waals surface area contributed by atoms with E-state index in [1.165, 1.54) is 30.3 Å². The van der Waals surface area contributed by atoms with Crippen LogP contribution < -0.4 is 4.74 Å². The number of hydrogen-bond acceptors (Lipinski definition) is 4. The van der Waals surface area contributed by atoms with E-state index in [1.807, 2.05) is 0 Å². The molecule has 0 heterocycles. The topological polar surface area (TPSA) is 52.9 Å². The van der Waals surface area contributed by atoms with Crippen LogP contribution in [-0.4, -0.2) is 41.4 Å². The second-order valence-corrected chi connectivity index (χ2v) is 5.02. The van der Waals surface area contributed by atoms with Crippen LogP contribution in [0.3, 0.4) is 0 Å². The van der Waals surface area contributed by atoms with Crippen molar-refractivity contribution in [1.82, 2.24) is 4.90 Å². The van der Waals surface area contributed by atoms with E-state index < -0.39 is 11.6 Å². The van der Waals surface area contributed by atoms with Gasteiger partial charge in [0.25, 0.3) is 0 Å². The van der Waals surface area contributed by atoms with Crippen LogP contribution in [-0.2, 0) is 6.54 Å². The van der Waals surface area contributed by atoms with Crippen LogP contribution >= 0.6 is 0 Å². The first-order valence-corrected chi connectivity index (χ1v) is 7.29. The molecule has 2 aromatic carbocycles. The molecule has 0 unspecified atom stereocenters. The third kappa shape index (κ3) is 4.99. The predicted octanol–water partition coefficient (Wildman–Crippen LogP) is 2.54. The summed E-state index contributed by atoms with van der Waals surface area (Å²) in [5.74, 6) is -1.26. The van der Waals surface area contributed by atoms with E-state index in [1.54, 1.807) is 17.0 Å². The van der Waals surface area contributed by atoms with E-state index in [2.05, 4.69) is 0 Å². The van der Waals surface area contributed by atoms with Crippen molar-refractivity contribution in [2.24, 2.45) is 0 Å². The summed E-state index contributed by atoms with van der Waals surface area (Å²) < 4.78 is 32.9. The minimum absolute atomic E-state index is 0.0404. The Hall–Kier alpha value is -2.02. The van der Waals surface area contributed by atoms with Crippen LogP contribution in [0.2, 0.25) is 0 Å². The van der Waals surface area contributed by atoms with E-state index in [0.717, 1.165) is 0 Å². The van der Waals surface area contributed by atoms with Crippen LogP contribution in [0.25, 0.3) is 0 Å². The first-order valence-electron chi connectivity index (χ1n) is 7.29. The Morgan fingerprint density at radius 3 is 2.13 bits per heavy atom. The van der Waals surface area contributed by atoms with Crippen molar-refractivity contribution in [3.8, 4) is 11.5 Å². The van der Waals surface area contributed by atoms with Crippen LogP contribution in [0.15, 0.2) is 42.5 Å². The Morgan fingerprint density at radius 1 is 0.870 bits per heavy atom. The lowest BCUT2D eigenvalue weighted by Crippen LogP contribution is -2.29. The Kier molecular flexibility index (Phi) is 6.46. The van der Waals surface area contributed by atoms with E-state index in [0.29, 0.717) is 25.2 Å². The fourth-order valence-corrected chi connectivity index (χ4v) is 2.18. The summed E-state index contributed by atoms with van der Waals surface area (Å²) in [6.45, 7) is 1.07. The summed E-state index contributed by atoms with van der Waals surface area (Å²) in [4.78, 5) is 1.80.